The van der Waals surface area contributed by atoms with Crippen molar-refractivity contribution in [1.29, 1.82) is 0 Å². The maximum atomic E-state index is 5.91. The average Bonchev–Trinajstić information content (AvgIpc) is 2.46. The number of nitrogens with one attached hydrogen (secondary N) is 2. The molecular weight excluding hydrogens is 270 g/mol. The van der Waals surface area contributed by atoms with Gasteiger partial charge in [-0.1, -0.05) is 30.7 Å². The van der Waals surface area contributed by atoms with Crippen molar-refractivity contribution in [2.24, 2.45) is 0 Å². The van der Waals surface area contributed by atoms with Crippen molar-refractivity contribution in [1.82, 2.24) is 4.98 Å². The number of hydrogen-bond acceptors (Lipinski definition) is 3. The second-order valence-electron chi connectivity index (χ2n) is 4.81. The summed E-state index contributed by atoms with van der Waals surface area (Å²) in [5.74, 6) is 0. The fraction of sp³-hybridized carbons (Fsp3) is 0.312. The van der Waals surface area contributed by atoms with Crippen LogP contribution in [0.1, 0.15) is 31.9 Å². The fourth-order valence-corrected chi connectivity index (χ4v) is 2.10. The molecule has 0 amide bonds. The second-order valence-corrected chi connectivity index (χ2v) is 5.24. The average molecular weight is 290 g/mol. The van der Waals surface area contributed by atoms with Gasteiger partial charge in [0.15, 0.2) is 0 Å². The molecule has 1 aromatic heterocycles. The van der Waals surface area contributed by atoms with E-state index in [2.05, 4.69) is 35.5 Å². The van der Waals surface area contributed by atoms with Gasteiger partial charge in [-0.15, -0.1) is 0 Å². The predicted molar refractivity (Wildman–Crippen MR) is 86.5 cm³/mol. The van der Waals surface area contributed by atoms with E-state index in [1.54, 1.807) is 0 Å². The number of anilines is 2. The Hall–Kier alpha value is -1.74. The fourth-order valence-electron chi connectivity index (χ4n) is 1.97. The minimum absolute atomic E-state index is 0.204. The number of aromatic nitrogens is 1. The molecular formula is C16H20ClN3. The third-order valence-corrected chi connectivity index (χ3v) is 3.32. The zero-order chi connectivity index (χ0) is 14.4. The third kappa shape index (κ3) is 4.14. The van der Waals surface area contributed by atoms with Crippen LogP contribution in [0.15, 0.2) is 42.7 Å². The van der Waals surface area contributed by atoms with E-state index in [1.165, 1.54) is 5.56 Å². The van der Waals surface area contributed by atoms with Crippen LogP contribution in [0.5, 0.6) is 0 Å². The summed E-state index contributed by atoms with van der Waals surface area (Å²) in [6.45, 7) is 5.22. The normalized spacial score (nSPS) is 11.9. The summed E-state index contributed by atoms with van der Waals surface area (Å²) >= 11 is 5.91. The lowest BCUT2D eigenvalue weighted by Crippen LogP contribution is -2.07. The topological polar surface area (TPSA) is 37.0 Å². The Morgan fingerprint density at radius 3 is 2.55 bits per heavy atom. The molecule has 0 saturated carbocycles. The van der Waals surface area contributed by atoms with Gasteiger partial charge in [0, 0.05) is 17.6 Å². The Bertz CT molecular complexity index is 540. The van der Waals surface area contributed by atoms with E-state index in [-0.39, 0.29) is 6.04 Å². The molecule has 1 aromatic carbocycles. The largest absolute Gasteiger partial charge is 0.384 e. The maximum Gasteiger partial charge on any atom is 0.0552 e. The molecule has 1 unspecified atom stereocenters. The van der Waals surface area contributed by atoms with Crippen molar-refractivity contribution in [2.75, 3.05) is 17.2 Å². The van der Waals surface area contributed by atoms with Gasteiger partial charge < -0.3 is 10.6 Å². The Kier molecular flexibility index (Phi) is 5.24. The van der Waals surface area contributed by atoms with Crippen molar-refractivity contribution in [2.45, 2.75) is 26.3 Å². The minimum Gasteiger partial charge on any atom is -0.384 e. The van der Waals surface area contributed by atoms with Gasteiger partial charge >= 0.3 is 0 Å². The van der Waals surface area contributed by atoms with Crippen molar-refractivity contribution in [3.63, 3.8) is 0 Å². The van der Waals surface area contributed by atoms with Gasteiger partial charge in [-0.25, -0.2) is 0 Å². The van der Waals surface area contributed by atoms with Crippen molar-refractivity contribution < 1.29 is 0 Å². The minimum atomic E-state index is 0.204. The molecule has 1 heterocycles. The van der Waals surface area contributed by atoms with E-state index in [4.69, 9.17) is 11.6 Å². The van der Waals surface area contributed by atoms with Crippen LogP contribution < -0.4 is 10.6 Å². The summed E-state index contributed by atoms with van der Waals surface area (Å²) in [4.78, 5) is 4.25. The van der Waals surface area contributed by atoms with E-state index < -0.39 is 0 Å². The Morgan fingerprint density at radius 2 is 1.85 bits per heavy atom. The molecule has 0 aliphatic heterocycles. The van der Waals surface area contributed by atoms with Crippen LogP contribution in [0.2, 0.25) is 5.02 Å². The van der Waals surface area contributed by atoms with Gasteiger partial charge in [0.1, 0.15) is 0 Å². The number of pyridine rings is 1. The van der Waals surface area contributed by atoms with Gasteiger partial charge in [0.25, 0.3) is 0 Å². The molecule has 0 aliphatic carbocycles. The van der Waals surface area contributed by atoms with E-state index in [0.29, 0.717) is 0 Å². The summed E-state index contributed by atoms with van der Waals surface area (Å²) in [5.41, 5.74) is 3.25. The zero-order valence-electron chi connectivity index (χ0n) is 11.9. The smallest absolute Gasteiger partial charge is 0.0552 e. The molecule has 2 N–H and O–H groups in total. The molecule has 2 rings (SSSR count). The molecule has 0 aliphatic rings. The highest BCUT2D eigenvalue weighted by molar-refractivity contribution is 6.30. The number of benzene rings is 1. The SMILES string of the molecule is CCCNc1cncc(NC(C)c2ccc(Cl)cc2)c1. The molecule has 0 radical (unpaired) electrons. The van der Waals surface area contributed by atoms with Gasteiger partial charge in [-0.05, 0) is 37.1 Å². The Balaban J connectivity index is 2.03. The molecule has 1 atom stereocenters. The maximum absolute atomic E-state index is 5.91. The van der Waals surface area contributed by atoms with E-state index in [9.17, 15) is 0 Å². The monoisotopic (exact) mass is 289 g/mol. The zero-order valence-corrected chi connectivity index (χ0v) is 12.6. The first-order valence-corrected chi connectivity index (χ1v) is 7.27. The number of nitrogens with zero attached hydrogens (tertiary/aromatic N) is 1. The van der Waals surface area contributed by atoms with Gasteiger partial charge in [-0.3, -0.25) is 4.98 Å². The van der Waals surface area contributed by atoms with Crippen molar-refractivity contribution in [3.8, 4) is 0 Å². The standard InChI is InChI=1S/C16H20ClN3/c1-3-8-19-15-9-16(11-18-10-15)20-12(2)13-4-6-14(17)7-5-13/h4-7,9-12,19-20H,3,8H2,1-2H3. The van der Waals surface area contributed by atoms with Crippen LogP contribution in [0.3, 0.4) is 0 Å². The first-order valence-electron chi connectivity index (χ1n) is 6.90. The molecule has 20 heavy (non-hydrogen) atoms. The summed E-state index contributed by atoms with van der Waals surface area (Å²) in [6, 6.07) is 10.2. The predicted octanol–water partition coefficient (Wildman–Crippen LogP) is 4.73. The van der Waals surface area contributed by atoms with Crippen LogP contribution in [-0.2, 0) is 0 Å². The van der Waals surface area contributed by atoms with E-state index >= 15 is 0 Å². The third-order valence-electron chi connectivity index (χ3n) is 3.07. The highest BCUT2D eigenvalue weighted by Crippen LogP contribution is 2.22. The molecule has 106 valence electrons. The highest BCUT2D eigenvalue weighted by Gasteiger charge is 2.05. The van der Waals surface area contributed by atoms with Crippen LogP contribution in [-0.4, -0.2) is 11.5 Å². The van der Waals surface area contributed by atoms with Crippen molar-refractivity contribution in [3.05, 3.63) is 53.3 Å². The van der Waals surface area contributed by atoms with Crippen molar-refractivity contribution >= 4 is 23.0 Å². The van der Waals surface area contributed by atoms with Gasteiger partial charge in [0.05, 0.1) is 23.8 Å². The highest BCUT2D eigenvalue weighted by atomic mass is 35.5. The van der Waals surface area contributed by atoms with Gasteiger partial charge in [-0.2, -0.15) is 0 Å². The van der Waals surface area contributed by atoms with E-state index in [1.807, 2.05) is 36.7 Å². The molecule has 4 heteroatoms. The molecule has 0 bridgehead atoms. The number of hydrogen-bond donors (Lipinski definition) is 2. The number of rotatable bonds is 6. The molecule has 0 fully saturated rings. The van der Waals surface area contributed by atoms with Crippen LogP contribution in [0.4, 0.5) is 11.4 Å². The Labute approximate surface area is 125 Å². The summed E-state index contributed by atoms with van der Waals surface area (Å²) in [5, 5.41) is 7.54. The summed E-state index contributed by atoms with van der Waals surface area (Å²) in [7, 11) is 0. The lowest BCUT2D eigenvalue weighted by atomic mass is 10.1. The quantitative estimate of drug-likeness (QED) is 0.807. The van der Waals surface area contributed by atoms with Crippen LogP contribution >= 0.6 is 11.6 Å². The van der Waals surface area contributed by atoms with Gasteiger partial charge in [0.2, 0.25) is 0 Å². The summed E-state index contributed by atoms with van der Waals surface area (Å²) in [6.07, 6.45) is 4.77. The first-order chi connectivity index (χ1) is 9.69. The van der Waals surface area contributed by atoms with Crippen LogP contribution in [0.25, 0.3) is 0 Å². The molecule has 0 saturated heterocycles. The van der Waals surface area contributed by atoms with Crippen LogP contribution in [0, 0.1) is 0 Å². The Morgan fingerprint density at radius 1 is 1.15 bits per heavy atom. The molecule has 2 aromatic rings. The molecule has 3 nitrogen and oxygen atoms in total. The summed E-state index contributed by atoms with van der Waals surface area (Å²) < 4.78 is 0. The lowest BCUT2D eigenvalue weighted by molar-refractivity contribution is 0.882. The van der Waals surface area contributed by atoms with E-state index in [0.717, 1.165) is 29.4 Å². The molecule has 0 spiro atoms. The first kappa shape index (κ1) is 14.7. The lowest BCUT2D eigenvalue weighted by Gasteiger charge is -2.16. The number of halogens is 1. The second kappa shape index (κ2) is 7.15.